The minimum absolute atomic E-state index is 0.218. The van der Waals surface area contributed by atoms with Crippen molar-refractivity contribution in [1.82, 2.24) is 14.8 Å². The van der Waals surface area contributed by atoms with Gasteiger partial charge in [0.25, 0.3) is 11.5 Å². The Morgan fingerprint density at radius 2 is 2.00 bits per heavy atom. The van der Waals surface area contributed by atoms with E-state index in [2.05, 4.69) is 10.2 Å². The second-order valence-electron chi connectivity index (χ2n) is 8.00. The Labute approximate surface area is 161 Å². The molecule has 6 nitrogen and oxygen atoms in total. The predicted octanol–water partition coefficient (Wildman–Crippen LogP) is 2.11. The molecule has 2 saturated heterocycles. The Bertz CT molecular complexity index is 726. The Kier molecular flexibility index (Phi) is 6.71. The van der Waals surface area contributed by atoms with Gasteiger partial charge >= 0.3 is 0 Å². The first-order chi connectivity index (χ1) is 13.0. The molecule has 3 rings (SSSR count). The molecule has 2 aliphatic rings. The van der Waals surface area contributed by atoms with Crippen molar-refractivity contribution in [3.8, 4) is 0 Å². The zero-order valence-corrected chi connectivity index (χ0v) is 16.9. The summed E-state index contributed by atoms with van der Waals surface area (Å²) in [5.41, 5.74) is 1.65. The van der Waals surface area contributed by atoms with Crippen LogP contribution in [0.2, 0.25) is 0 Å². The van der Waals surface area contributed by atoms with E-state index in [1.54, 1.807) is 11.7 Å². The number of aryl methyl sites for hydroxylation is 2. The fourth-order valence-electron chi connectivity index (χ4n) is 4.79. The number of carbonyl (C=O) groups is 1. The van der Waals surface area contributed by atoms with Gasteiger partial charge < -0.3 is 19.5 Å². The number of fused-ring (bicyclic) bond motifs is 1. The molecule has 3 heterocycles. The average molecular weight is 376 g/mol. The van der Waals surface area contributed by atoms with Gasteiger partial charge in [0.15, 0.2) is 0 Å². The maximum absolute atomic E-state index is 12.9. The molecule has 1 amide bonds. The minimum Gasteiger partial charge on any atom is -0.383 e. The average Bonchev–Trinajstić information content (AvgIpc) is 2.66. The number of rotatable bonds is 6. The van der Waals surface area contributed by atoms with Crippen LogP contribution in [0.15, 0.2) is 10.9 Å². The van der Waals surface area contributed by atoms with Crippen LogP contribution in [0, 0.1) is 19.8 Å². The maximum Gasteiger partial charge on any atom is 0.263 e. The minimum atomic E-state index is -0.239. The molecule has 1 N–H and O–H groups in total. The zero-order chi connectivity index (χ0) is 19.4. The van der Waals surface area contributed by atoms with Crippen molar-refractivity contribution in [2.75, 3.05) is 33.4 Å². The van der Waals surface area contributed by atoms with Crippen LogP contribution in [-0.4, -0.2) is 54.8 Å². The van der Waals surface area contributed by atoms with Crippen molar-refractivity contribution >= 4 is 5.91 Å². The number of nitrogens with one attached hydrogen (secondary N) is 1. The number of methoxy groups -OCH3 is 1. The molecule has 2 fully saturated rings. The number of ether oxygens (including phenoxy) is 1. The highest BCUT2D eigenvalue weighted by molar-refractivity contribution is 5.95. The van der Waals surface area contributed by atoms with E-state index in [9.17, 15) is 9.59 Å². The normalized spacial score (nSPS) is 23.1. The molecule has 0 radical (unpaired) electrons. The van der Waals surface area contributed by atoms with Gasteiger partial charge in [0.2, 0.25) is 0 Å². The highest BCUT2D eigenvalue weighted by Crippen LogP contribution is 2.30. The quantitative estimate of drug-likeness (QED) is 0.827. The largest absolute Gasteiger partial charge is 0.383 e. The van der Waals surface area contributed by atoms with E-state index in [4.69, 9.17) is 4.74 Å². The highest BCUT2D eigenvalue weighted by Gasteiger charge is 2.33. The topological polar surface area (TPSA) is 63.6 Å². The number of nitrogens with zero attached hydrogens (tertiary/aromatic N) is 2. The SMILES string of the molecule is COCCn1c(C)cc(C)c(C(=O)NC[C@@H]2CCCN3CCCC[C@H]23)c1=O. The molecule has 150 valence electrons. The first-order valence-electron chi connectivity index (χ1n) is 10.2. The molecule has 27 heavy (non-hydrogen) atoms. The van der Waals surface area contributed by atoms with Crippen molar-refractivity contribution in [1.29, 1.82) is 0 Å². The number of hydrogen-bond donors (Lipinski definition) is 1. The number of hydrogen-bond acceptors (Lipinski definition) is 4. The van der Waals surface area contributed by atoms with Gasteiger partial charge in [-0.15, -0.1) is 0 Å². The van der Waals surface area contributed by atoms with Gasteiger partial charge in [0, 0.05) is 31.9 Å². The molecule has 0 spiro atoms. The molecule has 1 aromatic heterocycles. The van der Waals surface area contributed by atoms with Crippen molar-refractivity contribution in [2.45, 2.75) is 58.5 Å². The fraction of sp³-hybridized carbons (Fsp3) is 0.714. The van der Waals surface area contributed by atoms with Gasteiger partial charge in [-0.2, -0.15) is 0 Å². The Morgan fingerprint density at radius 1 is 1.22 bits per heavy atom. The summed E-state index contributed by atoms with van der Waals surface area (Å²) in [6, 6.07) is 2.50. The van der Waals surface area contributed by atoms with Gasteiger partial charge in [0.1, 0.15) is 5.56 Å². The number of piperidine rings is 2. The van der Waals surface area contributed by atoms with Gasteiger partial charge in [-0.3, -0.25) is 9.59 Å². The lowest BCUT2D eigenvalue weighted by Crippen LogP contribution is -2.51. The Hall–Kier alpha value is -1.66. The maximum atomic E-state index is 12.9. The van der Waals surface area contributed by atoms with Crippen molar-refractivity contribution in [2.24, 2.45) is 5.92 Å². The van der Waals surface area contributed by atoms with Crippen LogP contribution in [-0.2, 0) is 11.3 Å². The zero-order valence-electron chi connectivity index (χ0n) is 16.9. The van der Waals surface area contributed by atoms with Gasteiger partial charge in [-0.1, -0.05) is 6.42 Å². The molecule has 0 aromatic carbocycles. The lowest BCUT2D eigenvalue weighted by atomic mass is 9.83. The first-order valence-corrected chi connectivity index (χ1v) is 10.2. The highest BCUT2D eigenvalue weighted by atomic mass is 16.5. The van der Waals surface area contributed by atoms with Crippen molar-refractivity contribution < 1.29 is 9.53 Å². The molecule has 0 aliphatic carbocycles. The summed E-state index contributed by atoms with van der Waals surface area (Å²) >= 11 is 0. The Balaban J connectivity index is 1.71. The Morgan fingerprint density at radius 3 is 2.78 bits per heavy atom. The second kappa shape index (κ2) is 9.02. The van der Waals surface area contributed by atoms with Gasteiger partial charge in [0.05, 0.1) is 6.61 Å². The van der Waals surface area contributed by atoms with Crippen LogP contribution in [0.5, 0.6) is 0 Å². The van der Waals surface area contributed by atoms with Crippen LogP contribution in [0.3, 0.4) is 0 Å². The second-order valence-corrected chi connectivity index (χ2v) is 8.00. The molecule has 6 heteroatoms. The molecule has 2 atom stereocenters. The molecular weight excluding hydrogens is 342 g/mol. The lowest BCUT2D eigenvalue weighted by Gasteiger charge is -2.44. The summed E-state index contributed by atoms with van der Waals surface area (Å²) in [5.74, 6) is 0.251. The van der Waals surface area contributed by atoms with Crippen LogP contribution in [0.25, 0.3) is 0 Å². The summed E-state index contributed by atoms with van der Waals surface area (Å²) < 4.78 is 6.73. The van der Waals surface area contributed by atoms with Crippen molar-refractivity contribution in [3.05, 3.63) is 33.2 Å². The van der Waals surface area contributed by atoms with E-state index in [0.29, 0.717) is 31.7 Å². The van der Waals surface area contributed by atoms with Crippen molar-refractivity contribution in [3.63, 3.8) is 0 Å². The predicted molar refractivity (Wildman–Crippen MR) is 106 cm³/mol. The van der Waals surface area contributed by atoms with E-state index in [1.165, 1.54) is 38.8 Å². The van der Waals surface area contributed by atoms with E-state index < -0.39 is 0 Å². The lowest BCUT2D eigenvalue weighted by molar-refractivity contribution is 0.0575. The third-order valence-electron chi connectivity index (χ3n) is 6.20. The van der Waals surface area contributed by atoms with Crippen LogP contribution < -0.4 is 10.9 Å². The summed E-state index contributed by atoms with van der Waals surface area (Å²) in [6.45, 7) is 7.68. The summed E-state index contributed by atoms with van der Waals surface area (Å²) in [4.78, 5) is 28.3. The number of pyridine rings is 1. The van der Waals surface area contributed by atoms with Crippen LogP contribution in [0.1, 0.15) is 53.7 Å². The molecule has 0 unspecified atom stereocenters. The van der Waals surface area contributed by atoms with E-state index in [1.807, 2.05) is 19.9 Å². The summed E-state index contributed by atoms with van der Waals surface area (Å²) in [5, 5.41) is 3.08. The fourth-order valence-corrected chi connectivity index (χ4v) is 4.79. The molecule has 0 bridgehead atoms. The standard InChI is InChI=1S/C21H33N3O3/c1-15-13-16(2)24(11-12-27-3)21(26)19(15)20(25)22-14-17-7-6-10-23-9-5-4-8-18(17)23/h13,17-18H,4-12,14H2,1-3H3,(H,22,25)/t17-,18+/m0/s1. The molecule has 1 aromatic rings. The van der Waals surface area contributed by atoms with Crippen LogP contribution in [0.4, 0.5) is 0 Å². The first kappa shape index (κ1) is 20.1. The third-order valence-corrected chi connectivity index (χ3v) is 6.20. The number of carbonyl (C=O) groups excluding carboxylic acids is 1. The molecular formula is C21H33N3O3. The number of amides is 1. The monoisotopic (exact) mass is 375 g/mol. The van der Waals surface area contributed by atoms with Gasteiger partial charge in [-0.05, 0) is 70.2 Å². The summed E-state index contributed by atoms with van der Waals surface area (Å²) in [6.07, 6.45) is 6.16. The van der Waals surface area contributed by atoms with E-state index in [-0.39, 0.29) is 17.0 Å². The van der Waals surface area contributed by atoms with E-state index in [0.717, 1.165) is 17.7 Å². The van der Waals surface area contributed by atoms with Gasteiger partial charge in [-0.25, -0.2) is 0 Å². The number of aromatic nitrogens is 1. The molecule has 0 saturated carbocycles. The van der Waals surface area contributed by atoms with Crippen LogP contribution >= 0.6 is 0 Å². The van der Waals surface area contributed by atoms with E-state index >= 15 is 0 Å². The summed E-state index contributed by atoms with van der Waals surface area (Å²) in [7, 11) is 1.61. The third kappa shape index (κ3) is 4.43. The molecule has 2 aliphatic heterocycles. The smallest absolute Gasteiger partial charge is 0.263 e.